The molecule has 0 bridgehead atoms. The molecule has 2 rings (SSSR count). The van der Waals surface area contributed by atoms with Crippen LogP contribution in [0.5, 0.6) is 0 Å². The Morgan fingerprint density at radius 3 is 2.61 bits per heavy atom. The Morgan fingerprint density at radius 1 is 1.22 bits per heavy atom. The van der Waals surface area contributed by atoms with Crippen LogP contribution in [0.25, 0.3) is 0 Å². The van der Waals surface area contributed by atoms with Gasteiger partial charge in [-0.15, -0.1) is 0 Å². The lowest BCUT2D eigenvalue weighted by atomic mass is 9.81. The van der Waals surface area contributed by atoms with Gasteiger partial charge in [-0.2, -0.15) is 0 Å². The van der Waals surface area contributed by atoms with Gasteiger partial charge in [-0.3, -0.25) is 0 Å². The highest BCUT2D eigenvalue weighted by Gasteiger charge is 2.23. The number of benzene rings is 1. The fourth-order valence-corrected chi connectivity index (χ4v) is 3.55. The average molecular weight is 310 g/mol. The molecule has 2 heteroatoms. The SMILES string of the molecule is CCNC(Cc1ccccc1Br)C1CCCCC1. The van der Waals surface area contributed by atoms with Crippen LogP contribution >= 0.6 is 15.9 Å². The van der Waals surface area contributed by atoms with E-state index >= 15 is 0 Å². The van der Waals surface area contributed by atoms with Crippen molar-refractivity contribution >= 4 is 15.9 Å². The van der Waals surface area contributed by atoms with Crippen molar-refractivity contribution in [3.8, 4) is 0 Å². The van der Waals surface area contributed by atoms with E-state index in [1.54, 1.807) is 0 Å². The van der Waals surface area contributed by atoms with Crippen molar-refractivity contribution in [2.24, 2.45) is 5.92 Å². The zero-order chi connectivity index (χ0) is 12.8. The molecule has 1 aromatic rings. The summed E-state index contributed by atoms with van der Waals surface area (Å²) in [6.07, 6.45) is 8.24. The van der Waals surface area contributed by atoms with Gasteiger partial charge < -0.3 is 5.32 Å². The monoisotopic (exact) mass is 309 g/mol. The van der Waals surface area contributed by atoms with Gasteiger partial charge in [0.1, 0.15) is 0 Å². The quantitative estimate of drug-likeness (QED) is 0.841. The maximum Gasteiger partial charge on any atom is 0.0207 e. The van der Waals surface area contributed by atoms with E-state index in [0.29, 0.717) is 6.04 Å². The molecule has 1 nitrogen and oxygen atoms in total. The first kappa shape index (κ1) is 14.1. The Labute approximate surface area is 119 Å². The van der Waals surface area contributed by atoms with Crippen molar-refractivity contribution in [3.05, 3.63) is 34.3 Å². The number of likely N-dealkylation sites (N-methyl/N-ethyl adjacent to an activating group) is 1. The molecule has 100 valence electrons. The Kier molecular flexibility index (Phi) is 5.71. The van der Waals surface area contributed by atoms with Crippen LogP contribution in [0.3, 0.4) is 0 Å². The molecule has 0 heterocycles. The molecule has 1 N–H and O–H groups in total. The summed E-state index contributed by atoms with van der Waals surface area (Å²) >= 11 is 3.67. The van der Waals surface area contributed by atoms with Gasteiger partial charge in [0.2, 0.25) is 0 Å². The summed E-state index contributed by atoms with van der Waals surface area (Å²) in [5.74, 6) is 0.866. The largest absolute Gasteiger partial charge is 0.314 e. The van der Waals surface area contributed by atoms with Crippen LogP contribution in [0, 0.1) is 5.92 Å². The highest BCUT2D eigenvalue weighted by molar-refractivity contribution is 9.10. The molecule has 0 aliphatic heterocycles. The summed E-state index contributed by atoms with van der Waals surface area (Å²) in [5, 5.41) is 3.71. The lowest BCUT2D eigenvalue weighted by Crippen LogP contribution is -2.39. The maximum atomic E-state index is 3.71. The van der Waals surface area contributed by atoms with E-state index in [1.807, 2.05) is 0 Å². The molecule has 1 fully saturated rings. The molecule has 0 radical (unpaired) electrons. The minimum atomic E-state index is 0.647. The Hall–Kier alpha value is -0.340. The highest BCUT2D eigenvalue weighted by Crippen LogP contribution is 2.29. The van der Waals surface area contributed by atoms with Gasteiger partial charge in [0.15, 0.2) is 0 Å². The van der Waals surface area contributed by atoms with Gasteiger partial charge in [-0.25, -0.2) is 0 Å². The van der Waals surface area contributed by atoms with E-state index in [2.05, 4.69) is 52.4 Å². The fraction of sp³-hybridized carbons (Fsp3) is 0.625. The summed E-state index contributed by atoms with van der Waals surface area (Å²) in [7, 11) is 0. The summed E-state index contributed by atoms with van der Waals surface area (Å²) in [6, 6.07) is 9.28. The van der Waals surface area contributed by atoms with Gasteiger partial charge in [0.05, 0.1) is 0 Å². The zero-order valence-electron chi connectivity index (χ0n) is 11.3. The van der Waals surface area contributed by atoms with E-state index in [0.717, 1.165) is 18.9 Å². The second-order valence-corrected chi connectivity index (χ2v) is 6.21. The zero-order valence-corrected chi connectivity index (χ0v) is 12.9. The number of halogens is 1. The number of hydrogen-bond donors (Lipinski definition) is 1. The molecular formula is C16H24BrN. The molecule has 1 atom stereocenters. The van der Waals surface area contributed by atoms with Gasteiger partial charge >= 0.3 is 0 Å². The van der Waals surface area contributed by atoms with Crippen molar-refractivity contribution < 1.29 is 0 Å². The molecule has 0 spiro atoms. The molecule has 1 saturated carbocycles. The Balaban J connectivity index is 2.03. The van der Waals surface area contributed by atoms with Gasteiger partial charge in [-0.1, -0.05) is 60.3 Å². The topological polar surface area (TPSA) is 12.0 Å². The van der Waals surface area contributed by atoms with E-state index in [-0.39, 0.29) is 0 Å². The third-order valence-corrected chi connectivity index (χ3v) is 4.86. The molecule has 0 aromatic heterocycles. The average Bonchev–Trinajstić information content (AvgIpc) is 2.42. The van der Waals surface area contributed by atoms with Crippen molar-refractivity contribution in [3.63, 3.8) is 0 Å². The van der Waals surface area contributed by atoms with Gasteiger partial charge in [0.25, 0.3) is 0 Å². The number of hydrogen-bond acceptors (Lipinski definition) is 1. The number of rotatable bonds is 5. The van der Waals surface area contributed by atoms with Gasteiger partial charge in [-0.05, 0) is 43.4 Å². The van der Waals surface area contributed by atoms with Crippen LogP contribution in [0.15, 0.2) is 28.7 Å². The Morgan fingerprint density at radius 2 is 1.94 bits per heavy atom. The summed E-state index contributed by atoms with van der Waals surface area (Å²) in [6.45, 7) is 3.29. The number of nitrogens with one attached hydrogen (secondary N) is 1. The van der Waals surface area contributed by atoms with E-state index in [4.69, 9.17) is 0 Å². The van der Waals surface area contributed by atoms with Crippen LogP contribution in [-0.4, -0.2) is 12.6 Å². The lowest BCUT2D eigenvalue weighted by molar-refractivity contribution is 0.269. The summed E-state index contributed by atoms with van der Waals surface area (Å²) in [5.41, 5.74) is 1.44. The first-order valence-electron chi connectivity index (χ1n) is 7.28. The second-order valence-electron chi connectivity index (χ2n) is 5.36. The molecule has 18 heavy (non-hydrogen) atoms. The third kappa shape index (κ3) is 3.83. The minimum absolute atomic E-state index is 0.647. The Bertz CT molecular complexity index is 358. The summed E-state index contributed by atoms with van der Waals surface area (Å²) in [4.78, 5) is 0. The molecule has 0 amide bonds. The lowest BCUT2D eigenvalue weighted by Gasteiger charge is -2.31. The molecule has 0 saturated heterocycles. The fourth-order valence-electron chi connectivity index (χ4n) is 3.11. The van der Waals surface area contributed by atoms with Crippen molar-refractivity contribution in [2.75, 3.05) is 6.54 Å². The van der Waals surface area contributed by atoms with Crippen LogP contribution in [0.1, 0.15) is 44.6 Å². The second kappa shape index (κ2) is 7.30. The minimum Gasteiger partial charge on any atom is -0.314 e. The van der Waals surface area contributed by atoms with Crippen LogP contribution < -0.4 is 5.32 Å². The van der Waals surface area contributed by atoms with E-state index < -0.39 is 0 Å². The molecule has 1 aromatic carbocycles. The normalized spacial score (nSPS) is 18.8. The van der Waals surface area contributed by atoms with Crippen molar-refractivity contribution in [1.82, 2.24) is 5.32 Å². The van der Waals surface area contributed by atoms with Crippen LogP contribution in [0.4, 0.5) is 0 Å². The maximum absolute atomic E-state index is 3.71. The smallest absolute Gasteiger partial charge is 0.0207 e. The first-order chi connectivity index (χ1) is 8.81. The van der Waals surface area contributed by atoms with Crippen molar-refractivity contribution in [2.45, 2.75) is 51.5 Å². The van der Waals surface area contributed by atoms with Crippen molar-refractivity contribution in [1.29, 1.82) is 0 Å². The predicted octanol–water partition coefficient (Wildman–Crippen LogP) is 4.55. The van der Waals surface area contributed by atoms with Gasteiger partial charge in [0, 0.05) is 10.5 Å². The highest BCUT2D eigenvalue weighted by atomic mass is 79.9. The standard InChI is InChI=1S/C16H24BrN/c1-2-18-16(13-8-4-3-5-9-13)12-14-10-6-7-11-15(14)17/h6-7,10-11,13,16,18H,2-5,8-9,12H2,1H3. The van der Waals surface area contributed by atoms with E-state index in [1.165, 1.54) is 42.1 Å². The first-order valence-corrected chi connectivity index (χ1v) is 8.07. The van der Waals surface area contributed by atoms with Crippen LogP contribution in [-0.2, 0) is 6.42 Å². The predicted molar refractivity (Wildman–Crippen MR) is 81.9 cm³/mol. The third-order valence-electron chi connectivity index (χ3n) is 4.08. The van der Waals surface area contributed by atoms with E-state index in [9.17, 15) is 0 Å². The van der Waals surface area contributed by atoms with Crippen LogP contribution in [0.2, 0.25) is 0 Å². The molecular weight excluding hydrogens is 286 g/mol. The molecule has 1 unspecified atom stereocenters. The summed E-state index contributed by atoms with van der Waals surface area (Å²) < 4.78 is 1.25. The molecule has 1 aliphatic carbocycles. The molecule has 1 aliphatic rings.